The lowest BCUT2D eigenvalue weighted by Gasteiger charge is -2.23. The minimum Gasteiger partial charge on any atom is -0.490 e. The Morgan fingerprint density at radius 3 is 3.00 bits per heavy atom. The van der Waals surface area contributed by atoms with Gasteiger partial charge in [0.25, 0.3) is 0 Å². The molecule has 1 heterocycles. The van der Waals surface area contributed by atoms with E-state index in [0.29, 0.717) is 17.4 Å². The molecule has 0 amide bonds. The second-order valence-corrected chi connectivity index (χ2v) is 5.09. The molecule has 0 spiro atoms. The van der Waals surface area contributed by atoms with E-state index in [1.54, 1.807) is 25.1 Å². The molecule has 1 aliphatic heterocycles. The van der Waals surface area contributed by atoms with Gasteiger partial charge in [0.1, 0.15) is 12.4 Å². The van der Waals surface area contributed by atoms with E-state index in [9.17, 15) is 5.11 Å². The Bertz CT molecular complexity index is 387. The molecule has 100 valence electrons. The molecule has 3 nitrogen and oxygen atoms in total. The largest absolute Gasteiger partial charge is 0.490 e. The second kappa shape index (κ2) is 6.41. The van der Waals surface area contributed by atoms with Gasteiger partial charge in [-0.25, -0.2) is 0 Å². The number of aliphatic hydroxyl groups is 1. The molecule has 0 bridgehead atoms. The molecule has 1 aromatic carbocycles. The maximum absolute atomic E-state index is 9.70. The third-order valence-electron chi connectivity index (χ3n) is 3.12. The van der Waals surface area contributed by atoms with Gasteiger partial charge >= 0.3 is 0 Å². The van der Waals surface area contributed by atoms with Crippen LogP contribution in [0.4, 0.5) is 0 Å². The summed E-state index contributed by atoms with van der Waals surface area (Å²) < 4.78 is 11.4. The minimum absolute atomic E-state index is 0.163. The standard InChI is InChI=1S/C14H19ClO3/c1-10(16)13-8-11(15)5-6-14(13)18-9-12-4-2-3-7-17-12/h5-6,8,10,12,16H,2-4,7,9H2,1H3/t10-,12?/m0/s1. The van der Waals surface area contributed by atoms with Crippen LogP contribution in [0.15, 0.2) is 18.2 Å². The van der Waals surface area contributed by atoms with Gasteiger partial charge in [-0.1, -0.05) is 11.6 Å². The van der Waals surface area contributed by atoms with Crippen LogP contribution in [-0.4, -0.2) is 24.4 Å². The quantitative estimate of drug-likeness (QED) is 0.912. The van der Waals surface area contributed by atoms with Gasteiger partial charge in [0.2, 0.25) is 0 Å². The summed E-state index contributed by atoms with van der Waals surface area (Å²) in [5.74, 6) is 0.684. The zero-order valence-electron chi connectivity index (χ0n) is 10.6. The Morgan fingerprint density at radius 1 is 1.50 bits per heavy atom. The molecule has 2 rings (SSSR count). The Kier molecular flexibility index (Phi) is 4.87. The molecule has 18 heavy (non-hydrogen) atoms. The first kappa shape index (κ1) is 13.7. The fourth-order valence-corrected chi connectivity index (χ4v) is 2.28. The first-order valence-corrected chi connectivity index (χ1v) is 6.76. The Hall–Kier alpha value is -0.770. The van der Waals surface area contributed by atoms with Gasteiger partial charge in [-0.05, 0) is 44.4 Å². The summed E-state index contributed by atoms with van der Waals surface area (Å²) in [6.45, 7) is 3.05. The first-order chi connectivity index (χ1) is 8.66. The van der Waals surface area contributed by atoms with Gasteiger partial charge in [0.05, 0.1) is 12.2 Å². The number of benzene rings is 1. The fraction of sp³-hybridized carbons (Fsp3) is 0.571. The highest BCUT2D eigenvalue weighted by atomic mass is 35.5. The maximum Gasteiger partial charge on any atom is 0.125 e. The molecule has 0 saturated carbocycles. The van der Waals surface area contributed by atoms with Crippen LogP contribution in [0.3, 0.4) is 0 Å². The average molecular weight is 271 g/mol. The number of rotatable bonds is 4. The highest BCUT2D eigenvalue weighted by Gasteiger charge is 2.16. The van der Waals surface area contributed by atoms with Crippen molar-refractivity contribution in [3.05, 3.63) is 28.8 Å². The van der Waals surface area contributed by atoms with Crippen molar-refractivity contribution in [3.63, 3.8) is 0 Å². The van der Waals surface area contributed by atoms with Crippen LogP contribution >= 0.6 is 11.6 Å². The number of hydrogen-bond acceptors (Lipinski definition) is 3. The van der Waals surface area contributed by atoms with Crippen molar-refractivity contribution in [2.75, 3.05) is 13.2 Å². The van der Waals surface area contributed by atoms with Gasteiger partial charge < -0.3 is 14.6 Å². The molecule has 1 saturated heterocycles. The van der Waals surface area contributed by atoms with Gasteiger partial charge in [-0.2, -0.15) is 0 Å². The predicted molar refractivity (Wildman–Crippen MR) is 71.2 cm³/mol. The Labute approximate surface area is 113 Å². The van der Waals surface area contributed by atoms with E-state index >= 15 is 0 Å². The van der Waals surface area contributed by atoms with Gasteiger partial charge in [-0.15, -0.1) is 0 Å². The zero-order chi connectivity index (χ0) is 13.0. The molecule has 1 aromatic rings. The van der Waals surface area contributed by atoms with Crippen LogP contribution < -0.4 is 4.74 Å². The highest BCUT2D eigenvalue weighted by molar-refractivity contribution is 6.30. The lowest BCUT2D eigenvalue weighted by Crippen LogP contribution is -2.26. The Morgan fingerprint density at radius 2 is 2.33 bits per heavy atom. The maximum atomic E-state index is 9.70. The van der Waals surface area contributed by atoms with Crippen molar-refractivity contribution in [2.24, 2.45) is 0 Å². The topological polar surface area (TPSA) is 38.7 Å². The van der Waals surface area contributed by atoms with Crippen LogP contribution in [0.1, 0.15) is 37.9 Å². The molecular weight excluding hydrogens is 252 g/mol. The summed E-state index contributed by atoms with van der Waals surface area (Å²) in [6.07, 6.45) is 2.94. The van der Waals surface area contributed by atoms with Crippen LogP contribution in [0, 0.1) is 0 Å². The smallest absolute Gasteiger partial charge is 0.125 e. The van der Waals surface area contributed by atoms with Crippen molar-refractivity contribution in [1.82, 2.24) is 0 Å². The van der Waals surface area contributed by atoms with Crippen LogP contribution in [0.5, 0.6) is 5.75 Å². The number of hydrogen-bond donors (Lipinski definition) is 1. The minimum atomic E-state index is -0.592. The summed E-state index contributed by atoms with van der Waals surface area (Å²) in [6, 6.07) is 5.31. The SMILES string of the molecule is C[C@H](O)c1cc(Cl)ccc1OCC1CCCCO1. The number of halogens is 1. The lowest BCUT2D eigenvalue weighted by molar-refractivity contribution is -0.0116. The molecule has 2 atom stereocenters. The van der Waals surface area contributed by atoms with Crippen LogP contribution in [0.2, 0.25) is 5.02 Å². The monoisotopic (exact) mass is 270 g/mol. The molecule has 1 N–H and O–H groups in total. The molecule has 1 fully saturated rings. The van der Waals surface area contributed by atoms with Crippen LogP contribution in [-0.2, 0) is 4.74 Å². The van der Waals surface area contributed by atoms with E-state index in [-0.39, 0.29) is 6.10 Å². The predicted octanol–water partition coefficient (Wildman–Crippen LogP) is 3.34. The van der Waals surface area contributed by atoms with E-state index in [1.807, 2.05) is 0 Å². The number of ether oxygens (including phenoxy) is 2. The summed E-state index contributed by atoms with van der Waals surface area (Å²) in [5, 5.41) is 10.3. The average Bonchev–Trinajstić information content (AvgIpc) is 2.38. The normalized spacial score (nSPS) is 21.6. The Balaban J connectivity index is 1.99. The zero-order valence-corrected chi connectivity index (χ0v) is 11.3. The van der Waals surface area contributed by atoms with E-state index in [4.69, 9.17) is 21.1 Å². The molecular formula is C14H19ClO3. The highest BCUT2D eigenvalue weighted by Crippen LogP contribution is 2.28. The van der Waals surface area contributed by atoms with Gasteiger partial charge in [0.15, 0.2) is 0 Å². The second-order valence-electron chi connectivity index (χ2n) is 4.66. The van der Waals surface area contributed by atoms with Gasteiger partial charge in [0, 0.05) is 17.2 Å². The van der Waals surface area contributed by atoms with E-state index in [2.05, 4.69) is 0 Å². The fourth-order valence-electron chi connectivity index (χ4n) is 2.10. The van der Waals surface area contributed by atoms with Crippen molar-refractivity contribution >= 4 is 11.6 Å². The number of aliphatic hydroxyl groups excluding tert-OH is 1. The molecule has 0 radical (unpaired) electrons. The van der Waals surface area contributed by atoms with E-state index in [0.717, 1.165) is 25.0 Å². The lowest BCUT2D eigenvalue weighted by atomic mass is 10.1. The summed E-state index contributed by atoms with van der Waals surface area (Å²) >= 11 is 5.92. The summed E-state index contributed by atoms with van der Waals surface area (Å²) in [5.41, 5.74) is 0.721. The third-order valence-corrected chi connectivity index (χ3v) is 3.36. The van der Waals surface area contributed by atoms with E-state index < -0.39 is 6.10 Å². The molecule has 1 unspecified atom stereocenters. The summed E-state index contributed by atoms with van der Waals surface area (Å²) in [7, 11) is 0. The van der Waals surface area contributed by atoms with Gasteiger partial charge in [-0.3, -0.25) is 0 Å². The van der Waals surface area contributed by atoms with Crippen molar-refractivity contribution in [3.8, 4) is 5.75 Å². The van der Waals surface area contributed by atoms with Crippen molar-refractivity contribution in [2.45, 2.75) is 38.4 Å². The van der Waals surface area contributed by atoms with Crippen LogP contribution in [0.25, 0.3) is 0 Å². The van der Waals surface area contributed by atoms with Crippen molar-refractivity contribution in [1.29, 1.82) is 0 Å². The molecule has 4 heteroatoms. The van der Waals surface area contributed by atoms with Crippen molar-refractivity contribution < 1.29 is 14.6 Å². The molecule has 0 aliphatic carbocycles. The van der Waals surface area contributed by atoms with E-state index in [1.165, 1.54) is 6.42 Å². The first-order valence-electron chi connectivity index (χ1n) is 6.38. The molecule has 0 aromatic heterocycles. The summed E-state index contributed by atoms with van der Waals surface area (Å²) in [4.78, 5) is 0. The third kappa shape index (κ3) is 3.61. The molecule has 1 aliphatic rings.